The summed E-state index contributed by atoms with van der Waals surface area (Å²) >= 11 is 0. The predicted molar refractivity (Wildman–Crippen MR) is 85.6 cm³/mol. The van der Waals surface area contributed by atoms with E-state index in [1.54, 1.807) is 0 Å². The summed E-state index contributed by atoms with van der Waals surface area (Å²) in [5.74, 6) is 0.408. The fourth-order valence-electron chi connectivity index (χ4n) is 3.58. The first-order valence-electron chi connectivity index (χ1n) is 8.78. The molecule has 22 heavy (non-hydrogen) atoms. The third-order valence-corrected chi connectivity index (χ3v) is 5.28. The minimum atomic E-state index is -0.709. The largest absolute Gasteiger partial charge is 0.481 e. The molecule has 2 aliphatic rings. The fraction of sp³-hybridized carbons (Fsp3) is 0.882. The molecule has 1 saturated carbocycles. The summed E-state index contributed by atoms with van der Waals surface area (Å²) in [7, 11) is 0. The number of carbonyl (C=O) groups is 2. The van der Waals surface area contributed by atoms with Crippen molar-refractivity contribution in [1.82, 2.24) is 9.80 Å². The normalized spacial score (nSPS) is 25.5. The van der Waals surface area contributed by atoms with Crippen LogP contribution in [0.25, 0.3) is 0 Å². The van der Waals surface area contributed by atoms with E-state index in [1.165, 1.54) is 0 Å². The Balaban J connectivity index is 1.93. The minimum absolute atomic E-state index is 0.219. The zero-order valence-electron chi connectivity index (χ0n) is 14.0. The van der Waals surface area contributed by atoms with Crippen LogP contribution < -0.4 is 0 Å². The number of amides is 1. The van der Waals surface area contributed by atoms with E-state index < -0.39 is 5.97 Å². The second-order valence-electron chi connectivity index (χ2n) is 6.78. The highest BCUT2D eigenvalue weighted by Crippen LogP contribution is 2.35. The van der Waals surface area contributed by atoms with Crippen molar-refractivity contribution in [3.8, 4) is 0 Å². The highest BCUT2D eigenvalue weighted by Gasteiger charge is 2.38. The van der Waals surface area contributed by atoms with Gasteiger partial charge in [-0.1, -0.05) is 13.8 Å². The van der Waals surface area contributed by atoms with Crippen LogP contribution in [0.1, 0.15) is 46.0 Å². The van der Waals surface area contributed by atoms with Crippen LogP contribution in [0.15, 0.2) is 0 Å². The second kappa shape index (κ2) is 7.95. The topological polar surface area (TPSA) is 60.9 Å². The molecule has 1 heterocycles. The van der Waals surface area contributed by atoms with E-state index in [2.05, 4.69) is 18.7 Å². The first kappa shape index (κ1) is 17.3. The zero-order chi connectivity index (χ0) is 16.1. The molecule has 0 aromatic carbocycles. The van der Waals surface area contributed by atoms with Crippen molar-refractivity contribution >= 4 is 11.9 Å². The summed E-state index contributed by atoms with van der Waals surface area (Å²) in [6, 6.07) is 0. The Kier molecular flexibility index (Phi) is 6.24. The molecule has 1 aliphatic carbocycles. The Morgan fingerprint density at radius 1 is 1.14 bits per heavy atom. The van der Waals surface area contributed by atoms with Gasteiger partial charge >= 0.3 is 5.97 Å². The summed E-state index contributed by atoms with van der Waals surface area (Å²) < 4.78 is 0. The maximum atomic E-state index is 12.3. The lowest BCUT2D eigenvalue weighted by atomic mass is 9.81. The highest BCUT2D eigenvalue weighted by molar-refractivity contribution is 5.81. The molecular weight excluding hydrogens is 280 g/mol. The lowest BCUT2D eigenvalue weighted by Gasteiger charge is -2.39. The van der Waals surface area contributed by atoms with E-state index in [-0.39, 0.29) is 18.3 Å². The van der Waals surface area contributed by atoms with Crippen LogP contribution in [0.2, 0.25) is 0 Å². The van der Waals surface area contributed by atoms with Crippen molar-refractivity contribution in [2.45, 2.75) is 46.0 Å². The third-order valence-electron chi connectivity index (χ3n) is 5.28. The molecule has 2 fully saturated rings. The van der Waals surface area contributed by atoms with E-state index in [1.807, 2.05) is 4.90 Å². The molecule has 1 aliphatic heterocycles. The van der Waals surface area contributed by atoms with E-state index in [0.29, 0.717) is 11.8 Å². The van der Waals surface area contributed by atoms with Crippen LogP contribution in [0.3, 0.4) is 0 Å². The molecule has 1 amide bonds. The van der Waals surface area contributed by atoms with Gasteiger partial charge in [0, 0.05) is 25.4 Å². The lowest BCUT2D eigenvalue weighted by molar-refractivity contribution is -0.140. The molecule has 0 aromatic heterocycles. The van der Waals surface area contributed by atoms with E-state index in [4.69, 9.17) is 5.11 Å². The van der Waals surface area contributed by atoms with Gasteiger partial charge < -0.3 is 14.9 Å². The Hall–Kier alpha value is -1.10. The number of carbonyl (C=O) groups excluding carboxylic acids is 1. The van der Waals surface area contributed by atoms with Gasteiger partial charge in [0.05, 0.1) is 0 Å². The average Bonchev–Trinajstić information content (AvgIpc) is 3.33. The van der Waals surface area contributed by atoms with E-state index in [0.717, 1.165) is 58.4 Å². The molecule has 0 radical (unpaired) electrons. The lowest BCUT2D eigenvalue weighted by Crippen LogP contribution is -2.45. The number of likely N-dealkylation sites (tertiary alicyclic amines) is 1. The zero-order valence-corrected chi connectivity index (χ0v) is 14.0. The molecule has 0 spiro atoms. The SMILES string of the molecule is CCN(CC)CCC1CN(C(=O)C2CC2)CCC1CC(=O)O. The van der Waals surface area contributed by atoms with Gasteiger partial charge in [0.25, 0.3) is 0 Å². The summed E-state index contributed by atoms with van der Waals surface area (Å²) in [5.41, 5.74) is 0. The van der Waals surface area contributed by atoms with Crippen LogP contribution in [-0.4, -0.2) is 59.5 Å². The number of aliphatic carboxylic acids is 1. The summed E-state index contributed by atoms with van der Waals surface area (Å²) in [6.07, 6.45) is 4.16. The fourth-order valence-corrected chi connectivity index (χ4v) is 3.58. The molecule has 2 atom stereocenters. The van der Waals surface area contributed by atoms with E-state index in [9.17, 15) is 9.59 Å². The van der Waals surface area contributed by atoms with Crippen molar-refractivity contribution in [2.24, 2.45) is 17.8 Å². The van der Waals surface area contributed by atoms with Gasteiger partial charge in [0.2, 0.25) is 5.91 Å². The first-order chi connectivity index (χ1) is 10.5. The standard InChI is InChI=1S/C17H30N2O3/c1-3-18(4-2)9-7-15-12-19(17(22)13-5-6-13)10-8-14(15)11-16(20)21/h13-15H,3-12H2,1-2H3,(H,20,21). The smallest absolute Gasteiger partial charge is 0.303 e. The molecule has 1 N–H and O–H groups in total. The molecule has 5 heteroatoms. The molecule has 126 valence electrons. The van der Waals surface area contributed by atoms with Gasteiger partial charge in [0.15, 0.2) is 0 Å². The number of piperidine rings is 1. The van der Waals surface area contributed by atoms with Gasteiger partial charge in [0.1, 0.15) is 0 Å². The van der Waals surface area contributed by atoms with Crippen LogP contribution >= 0.6 is 0 Å². The summed E-state index contributed by atoms with van der Waals surface area (Å²) in [4.78, 5) is 27.8. The van der Waals surface area contributed by atoms with Crippen molar-refractivity contribution in [2.75, 3.05) is 32.7 Å². The summed E-state index contributed by atoms with van der Waals surface area (Å²) in [5, 5.41) is 9.14. The van der Waals surface area contributed by atoms with Crippen LogP contribution in [-0.2, 0) is 9.59 Å². The van der Waals surface area contributed by atoms with E-state index >= 15 is 0 Å². The molecular formula is C17H30N2O3. The van der Waals surface area contributed by atoms with Gasteiger partial charge in [-0.3, -0.25) is 9.59 Å². The van der Waals surface area contributed by atoms with Crippen LogP contribution in [0.5, 0.6) is 0 Å². The number of hydrogen-bond donors (Lipinski definition) is 1. The molecule has 0 bridgehead atoms. The van der Waals surface area contributed by atoms with Crippen molar-refractivity contribution in [1.29, 1.82) is 0 Å². The van der Waals surface area contributed by atoms with Gasteiger partial charge in [-0.05, 0) is 57.2 Å². The first-order valence-corrected chi connectivity index (χ1v) is 8.78. The quantitative estimate of drug-likeness (QED) is 0.745. The van der Waals surface area contributed by atoms with Crippen molar-refractivity contribution in [3.63, 3.8) is 0 Å². The molecule has 1 saturated heterocycles. The number of carboxylic acid groups (broad SMARTS) is 1. The van der Waals surface area contributed by atoms with Crippen LogP contribution in [0, 0.1) is 17.8 Å². The third kappa shape index (κ3) is 4.70. The Morgan fingerprint density at radius 2 is 1.82 bits per heavy atom. The Labute approximate surface area is 133 Å². The maximum absolute atomic E-state index is 12.3. The minimum Gasteiger partial charge on any atom is -0.481 e. The molecule has 2 rings (SSSR count). The van der Waals surface area contributed by atoms with Crippen LogP contribution in [0.4, 0.5) is 0 Å². The molecule has 2 unspecified atom stereocenters. The van der Waals surface area contributed by atoms with Crippen molar-refractivity contribution < 1.29 is 14.7 Å². The number of rotatable bonds is 8. The monoisotopic (exact) mass is 310 g/mol. The number of carboxylic acids is 1. The maximum Gasteiger partial charge on any atom is 0.303 e. The average molecular weight is 310 g/mol. The predicted octanol–water partition coefficient (Wildman–Crippen LogP) is 2.07. The Morgan fingerprint density at radius 3 is 2.36 bits per heavy atom. The van der Waals surface area contributed by atoms with Crippen molar-refractivity contribution in [3.05, 3.63) is 0 Å². The summed E-state index contributed by atoms with van der Waals surface area (Å²) in [6.45, 7) is 8.86. The van der Waals surface area contributed by atoms with Gasteiger partial charge in [-0.25, -0.2) is 0 Å². The number of nitrogens with zero attached hydrogens (tertiary/aromatic N) is 2. The highest BCUT2D eigenvalue weighted by atomic mass is 16.4. The van der Waals surface area contributed by atoms with Gasteiger partial charge in [-0.15, -0.1) is 0 Å². The van der Waals surface area contributed by atoms with Gasteiger partial charge in [-0.2, -0.15) is 0 Å². The molecule has 5 nitrogen and oxygen atoms in total. The number of hydrogen-bond acceptors (Lipinski definition) is 3. The molecule has 0 aromatic rings. The second-order valence-corrected chi connectivity index (χ2v) is 6.78. The Bertz CT molecular complexity index is 391.